The van der Waals surface area contributed by atoms with E-state index < -0.39 is 6.17 Å². The Balaban J connectivity index is 2.81. The molecule has 12 heavy (non-hydrogen) atoms. The zero-order chi connectivity index (χ0) is 8.97. The Kier molecular flexibility index (Phi) is 3.23. The summed E-state index contributed by atoms with van der Waals surface area (Å²) in [5.41, 5.74) is 1.88. The first-order chi connectivity index (χ1) is 5.74. The smallest absolute Gasteiger partial charge is 0.122 e. The molecule has 0 amide bonds. The predicted octanol–water partition coefficient (Wildman–Crippen LogP) is 2.44. The van der Waals surface area contributed by atoms with Gasteiger partial charge in [-0.25, -0.2) is 4.39 Å². The van der Waals surface area contributed by atoms with E-state index in [1.54, 1.807) is 6.92 Å². The molecule has 0 fully saturated rings. The fraction of sp³-hybridized carbons (Fsp3) is 0.400. The minimum atomic E-state index is -0.873. The van der Waals surface area contributed by atoms with Crippen molar-refractivity contribution < 1.29 is 4.39 Å². The highest BCUT2D eigenvalue weighted by atomic mass is 19.1. The summed E-state index contributed by atoms with van der Waals surface area (Å²) in [6.45, 7) is 2.35. The molecule has 1 nitrogen and oxygen atoms in total. The van der Waals surface area contributed by atoms with Crippen LogP contribution in [-0.2, 0) is 6.54 Å². The van der Waals surface area contributed by atoms with Crippen LogP contribution in [0, 0.1) is 0 Å². The number of benzene rings is 1. The Labute approximate surface area is 72.6 Å². The Bertz CT molecular complexity index is 245. The molecule has 0 saturated heterocycles. The first-order valence-corrected chi connectivity index (χ1v) is 4.11. The Morgan fingerprint density at radius 2 is 2.25 bits per heavy atom. The second-order valence-corrected chi connectivity index (χ2v) is 2.89. The third-order valence-electron chi connectivity index (χ3n) is 1.79. The maximum atomic E-state index is 12.8. The average molecular weight is 167 g/mol. The summed E-state index contributed by atoms with van der Waals surface area (Å²) in [5, 5.41) is 3.03. The summed E-state index contributed by atoms with van der Waals surface area (Å²) in [4.78, 5) is 0. The number of rotatable bonds is 3. The fourth-order valence-electron chi connectivity index (χ4n) is 1.15. The second-order valence-electron chi connectivity index (χ2n) is 2.89. The number of hydrogen-bond donors (Lipinski definition) is 1. The predicted molar refractivity (Wildman–Crippen MR) is 48.7 cm³/mol. The van der Waals surface area contributed by atoms with Crippen LogP contribution < -0.4 is 5.32 Å². The van der Waals surface area contributed by atoms with Crippen LogP contribution in [0.3, 0.4) is 0 Å². The molecule has 1 atom stereocenters. The second kappa shape index (κ2) is 4.21. The lowest BCUT2D eigenvalue weighted by molar-refractivity contribution is 0.374. The van der Waals surface area contributed by atoms with Crippen LogP contribution in [-0.4, -0.2) is 7.05 Å². The number of nitrogens with one attached hydrogen (secondary N) is 1. The third-order valence-corrected chi connectivity index (χ3v) is 1.79. The van der Waals surface area contributed by atoms with Crippen molar-refractivity contribution in [3.05, 3.63) is 35.4 Å². The Morgan fingerprint density at radius 1 is 1.50 bits per heavy atom. The zero-order valence-corrected chi connectivity index (χ0v) is 7.47. The lowest BCUT2D eigenvalue weighted by atomic mass is 10.1. The molecule has 0 aliphatic heterocycles. The van der Waals surface area contributed by atoms with Crippen molar-refractivity contribution in [2.75, 3.05) is 7.05 Å². The van der Waals surface area contributed by atoms with Crippen LogP contribution in [0.15, 0.2) is 24.3 Å². The van der Waals surface area contributed by atoms with E-state index in [9.17, 15) is 4.39 Å². The van der Waals surface area contributed by atoms with Gasteiger partial charge in [-0.15, -0.1) is 0 Å². The lowest BCUT2D eigenvalue weighted by Gasteiger charge is -2.04. The van der Waals surface area contributed by atoms with Gasteiger partial charge in [0.25, 0.3) is 0 Å². The molecule has 1 aromatic rings. The normalized spacial score (nSPS) is 12.9. The molecule has 1 unspecified atom stereocenters. The van der Waals surface area contributed by atoms with E-state index in [4.69, 9.17) is 0 Å². The molecule has 2 heteroatoms. The monoisotopic (exact) mass is 167 g/mol. The summed E-state index contributed by atoms with van der Waals surface area (Å²) in [6, 6.07) is 7.57. The van der Waals surface area contributed by atoms with Crippen molar-refractivity contribution in [2.24, 2.45) is 0 Å². The van der Waals surface area contributed by atoms with E-state index in [0.29, 0.717) is 0 Å². The van der Waals surface area contributed by atoms with Gasteiger partial charge in [-0.2, -0.15) is 0 Å². The first-order valence-electron chi connectivity index (χ1n) is 4.11. The van der Waals surface area contributed by atoms with Crippen LogP contribution in [0.5, 0.6) is 0 Å². The first kappa shape index (κ1) is 9.20. The highest BCUT2D eigenvalue weighted by Crippen LogP contribution is 2.17. The third kappa shape index (κ3) is 2.31. The average Bonchev–Trinajstić information content (AvgIpc) is 2.05. The minimum absolute atomic E-state index is 0.753. The molecule has 0 spiro atoms. The fourth-order valence-corrected chi connectivity index (χ4v) is 1.15. The van der Waals surface area contributed by atoms with Crippen molar-refractivity contribution in [2.45, 2.75) is 19.6 Å². The zero-order valence-electron chi connectivity index (χ0n) is 7.47. The van der Waals surface area contributed by atoms with Crippen molar-refractivity contribution in [3.8, 4) is 0 Å². The summed E-state index contributed by atoms with van der Waals surface area (Å²) in [7, 11) is 1.88. The molecule has 66 valence electrons. The van der Waals surface area contributed by atoms with Gasteiger partial charge in [0.15, 0.2) is 0 Å². The molecule has 0 saturated carbocycles. The van der Waals surface area contributed by atoms with E-state index >= 15 is 0 Å². The van der Waals surface area contributed by atoms with E-state index in [1.807, 2.05) is 31.3 Å². The van der Waals surface area contributed by atoms with Crippen molar-refractivity contribution in [1.82, 2.24) is 5.32 Å². The molecule has 0 aromatic heterocycles. The van der Waals surface area contributed by atoms with Gasteiger partial charge in [0.1, 0.15) is 6.17 Å². The summed E-state index contributed by atoms with van der Waals surface area (Å²) < 4.78 is 12.8. The van der Waals surface area contributed by atoms with Crippen LogP contribution in [0.4, 0.5) is 4.39 Å². The molecule has 0 radical (unpaired) electrons. The molecule has 0 aliphatic rings. The maximum Gasteiger partial charge on any atom is 0.122 e. The minimum Gasteiger partial charge on any atom is -0.316 e. The van der Waals surface area contributed by atoms with Gasteiger partial charge in [-0.3, -0.25) is 0 Å². The number of alkyl halides is 1. The van der Waals surface area contributed by atoms with E-state index in [0.717, 1.165) is 17.7 Å². The van der Waals surface area contributed by atoms with Gasteiger partial charge in [0.2, 0.25) is 0 Å². The van der Waals surface area contributed by atoms with E-state index in [2.05, 4.69) is 5.32 Å². The molecule has 0 bridgehead atoms. The summed E-state index contributed by atoms with van der Waals surface area (Å²) in [6.07, 6.45) is -0.873. The SMILES string of the molecule is CNCc1cccc(C(C)F)c1. The van der Waals surface area contributed by atoms with E-state index in [1.165, 1.54) is 0 Å². The van der Waals surface area contributed by atoms with Gasteiger partial charge in [-0.05, 0) is 25.1 Å². The standard InChI is InChI=1S/C10H14FN/c1-8(11)10-5-3-4-9(6-10)7-12-2/h3-6,8,12H,7H2,1-2H3. The van der Waals surface area contributed by atoms with Crippen LogP contribution in [0.1, 0.15) is 24.2 Å². The van der Waals surface area contributed by atoms with E-state index in [-0.39, 0.29) is 0 Å². The van der Waals surface area contributed by atoms with Crippen LogP contribution in [0.2, 0.25) is 0 Å². The molecule has 0 heterocycles. The van der Waals surface area contributed by atoms with Gasteiger partial charge in [0.05, 0.1) is 0 Å². The van der Waals surface area contributed by atoms with Gasteiger partial charge >= 0.3 is 0 Å². The molecular weight excluding hydrogens is 153 g/mol. The summed E-state index contributed by atoms with van der Waals surface area (Å²) >= 11 is 0. The van der Waals surface area contributed by atoms with Crippen molar-refractivity contribution in [3.63, 3.8) is 0 Å². The lowest BCUT2D eigenvalue weighted by Crippen LogP contribution is -2.05. The van der Waals surface area contributed by atoms with Crippen LogP contribution >= 0.6 is 0 Å². The van der Waals surface area contributed by atoms with Gasteiger partial charge < -0.3 is 5.32 Å². The van der Waals surface area contributed by atoms with Crippen molar-refractivity contribution >= 4 is 0 Å². The molecule has 1 aromatic carbocycles. The molecular formula is C10H14FN. The molecule has 0 aliphatic carbocycles. The largest absolute Gasteiger partial charge is 0.316 e. The molecule has 1 rings (SSSR count). The van der Waals surface area contributed by atoms with Crippen molar-refractivity contribution in [1.29, 1.82) is 0 Å². The number of hydrogen-bond acceptors (Lipinski definition) is 1. The Morgan fingerprint density at radius 3 is 2.83 bits per heavy atom. The topological polar surface area (TPSA) is 12.0 Å². The maximum absolute atomic E-state index is 12.8. The quantitative estimate of drug-likeness (QED) is 0.729. The van der Waals surface area contributed by atoms with Gasteiger partial charge in [-0.1, -0.05) is 24.3 Å². The summed E-state index contributed by atoms with van der Waals surface area (Å²) in [5.74, 6) is 0. The highest BCUT2D eigenvalue weighted by Gasteiger charge is 2.01. The van der Waals surface area contributed by atoms with Gasteiger partial charge in [0, 0.05) is 6.54 Å². The highest BCUT2D eigenvalue weighted by molar-refractivity contribution is 5.24. The molecule has 1 N–H and O–H groups in total. The number of halogens is 1. The Hall–Kier alpha value is -0.890. The van der Waals surface area contributed by atoms with Crippen LogP contribution in [0.25, 0.3) is 0 Å².